The highest BCUT2D eigenvalue weighted by atomic mass is 16.5. The van der Waals surface area contributed by atoms with Crippen LogP contribution >= 0.6 is 0 Å². The van der Waals surface area contributed by atoms with Gasteiger partial charge in [-0.3, -0.25) is 4.79 Å². The number of aliphatic hydroxyl groups excluding tert-OH is 1. The number of Topliss-reactive ketones (excluding diaryl/α,β-unsaturated/α-hetero) is 1. The van der Waals surface area contributed by atoms with Gasteiger partial charge in [0.15, 0.2) is 11.5 Å². The topological polar surface area (TPSA) is 88.3 Å². The van der Waals surface area contributed by atoms with Crippen molar-refractivity contribution in [3.63, 3.8) is 0 Å². The summed E-state index contributed by atoms with van der Waals surface area (Å²) in [4.78, 5) is 23.9. The van der Waals surface area contributed by atoms with Crippen molar-refractivity contribution in [1.29, 1.82) is 0 Å². The fraction of sp³-hybridized carbons (Fsp3) is 0.111. The van der Waals surface area contributed by atoms with Crippen molar-refractivity contribution in [3.05, 3.63) is 71.9 Å². The molecule has 0 aromatic heterocycles. The van der Waals surface area contributed by atoms with Crippen LogP contribution in [0.2, 0.25) is 0 Å². The van der Waals surface area contributed by atoms with Crippen molar-refractivity contribution in [2.45, 2.75) is 6.92 Å². The molecule has 0 spiro atoms. The van der Waals surface area contributed by atoms with E-state index in [-0.39, 0.29) is 6.61 Å². The second kappa shape index (κ2) is 8.38. The lowest BCUT2D eigenvalue weighted by molar-refractivity contribution is -0.151. The number of azo groups is 1. The molecule has 1 N–H and O–H groups in total. The Bertz CT molecular complexity index is 768. The van der Waals surface area contributed by atoms with Gasteiger partial charge in [-0.1, -0.05) is 48.5 Å². The Morgan fingerprint density at radius 3 is 2.17 bits per heavy atom. The molecule has 122 valence electrons. The number of esters is 1. The van der Waals surface area contributed by atoms with Gasteiger partial charge in [0, 0.05) is 5.56 Å². The number of benzene rings is 2. The minimum Gasteiger partial charge on any atom is -0.505 e. The standard InChI is InChI=1S/C18H16N2O4/c1-2-24-18(23)17(22)15(16(21)13-9-5-3-6-10-13)20-19-14-11-7-4-8-12-14/h3-12,21H,2H2,1H3. The van der Waals surface area contributed by atoms with Crippen LogP contribution in [0, 0.1) is 0 Å². The summed E-state index contributed by atoms with van der Waals surface area (Å²) in [5.74, 6) is -2.59. The third kappa shape index (κ3) is 4.36. The van der Waals surface area contributed by atoms with Gasteiger partial charge in [-0.25, -0.2) is 4.79 Å². The van der Waals surface area contributed by atoms with Crippen LogP contribution in [0.4, 0.5) is 5.69 Å². The lowest BCUT2D eigenvalue weighted by Gasteiger charge is -2.05. The summed E-state index contributed by atoms with van der Waals surface area (Å²) >= 11 is 0. The normalized spacial score (nSPS) is 11.9. The summed E-state index contributed by atoms with van der Waals surface area (Å²) in [5, 5.41) is 18.0. The van der Waals surface area contributed by atoms with Crippen LogP contribution in [-0.2, 0) is 14.3 Å². The smallest absolute Gasteiger partial charge is 0.381 e. The molecule has 0 saturated heterocycles. The molecule has 0 aliphatic rings. The average molecular weight is 324 g/mol. The Balaban J connectivity index is 2.43. The molecule has 0 atom stereocenters. The Morgan fingerprint density at radius 2 is 1.58 bits per heavy atom. The Hall–Kier alpha value is -3.28. The van der Waals surface area contributed by atoms with Gasteiger partial charge in [-0.2, -0.15) is 5.11 Å². The van der Waals surface area contributed by atoms with E-state index in [0.717, 1.165) is 0 Å². The number of rotatable bonds is 6. The van der Waals surface area contributed by atoms with Gasteiger partial charge in [0.2, 0.25) is 0 Å². The number of hydrogen-bond donors (Lipinski definition) is 1. The highest BCUT2D eigenvalue weighted by Gasteiger charge is 2.25. The molecule has 2 aromatic rings. The van der Waals surface area contributed by atoms with E-state index in [1.807, 2.05) is 0 Å². The van der Waals surface area contributed by atoms with Crippen molar-refractivity contribution in [2.75, 3.05) is 6.61 Å². The van der Waals surface area contributed by atoms with E-state index in [1.54, 1.807) is 67.6 Å². The number of ketones is 1. The molecule has 0 amide bonds. The lowest BCUT2D eigenvalue weighted by atomic mass is 10.1. The first-order valence-corrected chi connectivity index (χ1v) is 7.30. The van der Waals surface area contributed by atoms with Crippen LogP contribution in [0.15, 0.2) is 76.6 Å². The molecule has 6 nitrogen and oxygen atoms in total. The molecule has 0 aliphatic carbocycles. The van der Waals surface area contributed by atoms with Gasteiger partial charge < -0.3 is 9.84 Å². The van der Waals surface area contributed by atoms with E-state index in [9.17, 15) is 14.7 Å². The quantitative estimate of drug-likeness (QED) is 0.287. The SMILES string of the molecule is CCOC(=O)C(=O)C(N=Nc1ccccc1)=C(O)c1ccccc1. The number of ether oxygens (including phenoxy) is 1. The largest absolute Gasteiger partial charge is 0.505 e. The molecule has 24 heavy (non-hydrogen) atoms. The lowest BCUT2D eigenvalue weighted by Crippen LogP contribution is -2.19. The van der Waals surface area contributed by atoms with Crippen LogP contribution in [0.3, 0.4) is 0 Å². The van der Waals surface area contributed by atoms with Gasteiger partial charge in [0.05, 0.1) is 12.3 Å². The molecule has 6 heteroatoms. The molecule has 0 radical (unpaired) electrons. The van der Waals surface area contributed by atoms with Crippen LogP contribution in [0.25, 0.3) is 5.76 Å². The Morgan fingerprint density at radius 1 is 1.00 bits per heavy atom. The summed E-state index contributed by atoms with van der Waals surface area (Å²) in [6, 6.07) is 17.0. The predicted molar refractivity (Wildman–Crippen MR) is 88.6 cm³/mol. The second-order valence-corrected chi connectivity index (χ2v) is 4.65. The summed E-state index contributed by atoms with van der Waals surface area (Å²) < 4.78 is 4.69. The summed E-state index contributed by atoms with van der Waals surface area (Å²) in [7, 11) is 0. The maximum Gasteiger partial charge on any atom is 0.381 e. The number of carbonyl (C=O) groups excluding carboxylic acids is 2. The molecular formula is C18H16N2O4. The summed E-state index contributed by atoms with van der Waals surface area (Å²) in [5.41, 5.74) is 0.355. The molecule has 0 unspecified atom stereocenters. The maximum atomic E-state index is 12.2. The molecule has 0 fully saturated rings. The van der Waals surface area contributed by atoms with E-state index in [4.69, 9.17) is 0 Å². The summed E-state index contributed by atoms with van der Waals surface area (Å²) in [6.07, 6.45) is 0. The van der Waals surface area contributed by atoms with Gasteiger partial charge in [-0.15, -0.1) is 5.11 Å². The molecule has 0 bridgehead atoms. The number of carbonyl (C=O) groups is 2. The van der Waals surface area contributed by atoms with Crippen molar-refractivity contribution in [3.8, 4) is 0 Å². The van der Waals surface area contributed by atoms with Gasteiger partial charge >= 0.3 is 5.97 Å². The minimum absolute atomic E-state index is 0.0414. The second-order valence-electron chi connectivity index (χ2n) is 4.65. The summed E-state index contributed by atoms with van der Waals surface area (Å²) in [6.45, 7) is 1.62. The monoisotopic (exact) mass is 324 g/mol. The fourth-order valence-corrected chi connectivity index (χ4v) is 1.83. The van der Waals surface area contributed by atoms with Crippen molar-refractivity contribution in [1.82, 2.24) is 0 Å². The zero-order valence-corrected chi connectivity index (χ0v) is 13.0. The number of hydrogen-bond acceptors (Lipinski definition) is 6. The third-order valence-electron chi connectivity index (χ3n) is 2.97. The molecule has 0 saturated carbocycles. The van der Waals surface area contributed by atoms with Crippen molar-refractivity contribution < 1.29 is 19.4 Å². The van der Waals surface area contributed by atoms with Crippen LogP contribution in [0.1, 0.15) is 12.5 Å². The highest BCUT2D eigenvalue weighted by molar-refractivity contribution is 6.41. The first-order chi connectivity index (χ1) is 11.6. The predicted octanol–water partition coefficient (Wildman–Crippen LogP) is 3.83. The van der Waals surface area contributed by atoms with Crippen LogP contribution in [0.5, 0.6) is 0 Å². The Kier molecular flexibility index (Phi) is 5.96. The van der Waals surface area contributed by atoms with Gasteiger partial charge in [-0.05, 0) is 19.1 Å². The average Bonchev–Trinajstić information content (AvgIpc) is 2.63. The van der Waals surface area contributed by atoms with Gasteiger partial charge in [0.1, 0.15) is 0 Å². The van der Waals surface area contributed by atoms with Crippen LogP contribution < -0.4 is 0 Å². The van der Waals surface area contributed by atoms with Crippen molar-refractivity contribution in [2.24, 2.45) is 10.2 Å². The number of nitrogens with zero attached hydrogens (tertiary/aromatic N) is 2. The van der Waals surface area contributed by atoms with E-state index in [2.05, 4.69) is 15.0 Å². The number of aliphatic hydroxyl groups is 1. The zero-order chi connectivity index (χ0) is 17.4. The minimum atomic E-state index is -1.10. The van der Waals surface area contributed by atoms with E-state index in [0.29, 0.717) is 11.3 Å². The molecule has 0 aliphatic heterocycles. The van der Waals surface area contributed by atoms with E-state index >= 15 is 0 Å². The molecule has 2 rings (SSSR count). The first kappa shape index (κ1) is 17.1. The first-order valence-electron chi connectivity index (χ1n) is 7.30. The van der Waals surface area contributed by atoms with E-state index < -0.39 is 23.2 Å². The van der Waals surface area contributed by atoms with Gasteiger partial charge in [0.25, 0.3) is 5.78 Å². The molecular weight excluding hydrogens is 308 g/mol. The third-order valence-corrected chi connectivity index (χ3v) is 2.97. The van der Waals surface area contributed by atoms with Crippen LogP contribution in [-0.4, -0.2) is 23.5 Å². The maximum absolute atomic E-state index is 12.2. The fourth-order valence-electron chi connectivity index (χ4n) is 1.83. The Labute approximate surface area is 139 Å². The highest BCUT2D eigenvalue weighted by Crippen LogP contribution is 2.20. The van der Waals surface area contributed by atoms with E-state index in [1.165, 1.54) is 0 Å². The zero-order valence-electron chi connectivity index (χ0n) is 13.0. The van der Waals surface area contributed by atoms with Crippen molar-refractivity contribution >= 4 is 23.2 Å². The molecule has 2 aromatic carbocycles. The molecule has 0 heterocycles.